The minimum atomic E-state index is -3.32. The summed E-state index contributed by atoms with van der Waals surface area (Å²) in [7, 11) is 0. The van der Waals surface area contributed by atoms with Gasteiger partial charge in [0.15, 0.2) is 0 Å². The maximum atomic E-state index is 11.3. The molecule has 5 atom stereocenters. The summed E-state index contributed by atoms with van der Waals surface area (Å²) >= 11 is 4.59. The average Bonchev–Trinajstić information content (AvgIpc) is 2.47. The summed E-state index contributed by atoms with van der Waals surface area (Å²) in [6.45, 7) is -1.72. The highest BCUT2D eigenvalue weighted by molar-refractivity contribution is 8.06. The Morgan fingerprint density at radius 2 is 2.08 bits per heavy atom. The minimum Gasteiger partial charge on any atom is -0.780 e. The van der Waals surface area contributed by atoms with Gasteiger partial charge >= 0.3 is 0 Å². The molecule has 2 saturated heterocycles. The second-order valence-corrected chi connectivity index (χ2v) is 5.81. The first-order chi connectivity index (χ1) is 6.03. The quantitative estimate of drug-likeness (QED) is 0.585. The molecule has 7 heteroatoms. The van der Waals surface area contributed by atoms with Crippen molar-refractivity contribution >= 4 is 18.5 Å². The van der Waals surface area contributed by atoms with E-state index in [1.807, 2.05) is 0 Å². The number of aliphatic hydroxyl groups is 1. The van der Waals surface area contributed by atoms with E-state index in [4.69, 9.17) is 18.9 Å². The first kappa shape index (κ1) is 9.98. The molecule has 0 aliphatic carbocycles. The second kappa shape index (κ2) is 3.24. The molecular formula is C6H10O5PS-. The summed E-state index contributed by atoms with van der Waals surface area (Å²) in [4.78, 5) is 11.3. The van der Waals surface area contributed by atoms with Crippen molar-refractivity contribution in [1.82, 2.24) is 0 Å². The number of fused-ring (bicyclic) bond motifs is 1. The molecule has 2 aliphatic heterocycles. The van der Waals surface area contributed by atoms with Gasteiger partial charge in [0.2, 0.25) is 0 Å². The molecule has 0 radical (unpaired) electrons. The van der Waals surface area contributed by atoms with Crippen LogP contribution in [0, 0.1) is 0 Å². The molecule has 0 aromatic rings. The lowest BCUT2D eigenvalue weighted by Crippen LogP contribution is -2.30. The topological polar surface area (TPSA) is 71.0 Å². The van der Waals surface area contributed by atoms with Gasteiger partial charge in [-0.2, -0.15) is 0 Å². The number of hydrogen-bond donors (Lipinski definition) is 1. The SMILES string of the molecule is C[C@@H]1O[C@H](CO)[C@H]2OP([O-])(=S)OC12. The van der Waals surface area contributed by atoms with Gasteiger partial charge in [-0.1, -0.05) is 11.8 Å². The van der Waals surface area contributed by atoms with Gasteiger partial charge in [-0.25, -0.2) is 0 Å². The summed E-state index contributed by atoms with van der Waals surface area (Å²) in [5.41, 5.74) is 0. The predicted octanol–water partition coefficient (Wildman–Crippen LogP) is -0.865. The molecule has 2 fully saturated rings. The molecule has 2 unspecified atom stereocenters. The first-order valence-corrected chi connectivity index (χ1v) is 6.53. The molecule has 0 spiro atoms. The molecule has 5 nitrogen and oxygen atoms in total. The largest absolute Gasteiger partial charge is 0.780 e. The molecule has 0 saturated carbocycles. The Balaban J connectivity index is 2.17. The zero-order chi connectivity index (χ0) is 9.64. The first-order valence-electron chi connectivity index (χ1n) is 3.97. The van der Waals surface area contributed by atoms with Gasteiger partial charge in [-0.15, -0.1) is 0 Å². The van der Waals surface area contributed by atoms with E-state index in [0.717, 1.165) is 0 Å². The molecular weight excluding hydrogens is 215 g/mol. The fourth-order valence-corrected chi connectivity index (χ4v) is 3.44. The van der Waals surface area contributed by atoms with Crippen LogP contribution in [0.5, 0.6) is 0 Å². The molecule has 0 amide bonds. The minimum absolute atomic E-state index is 0.176. The molecule has 76 valence electrons. The Morgan fingerprint density at radius 1 is 1.46 bits per heavy atom. The number of rotatable bonds is 1. The van der Waals surface area contributed by atoms with Gasteiger partial charge in [0.1, 0.15) is 25.0 Å². The zero-order valence-corrected chi connectivity index (χ0v) is 8.66. The van der Waals surface area contributed by atoms with Crippen molar-refractivity contribution in [3.05, 3.63) is 0 Å². The van der Waals surface area contributed by atoms with Gasteiger partial charge in [0.25, 0.3) is 0 Å². The number of aliphatic hydroxyl groups excluding tert-OH is 1. The maximum absolute atomic E-state index is 11.3. The third-order valence-corrected chi connectivity index (χ3v) is 3.74. The van der Waals surface area contributed by atoms with Crippen LogP contribution in [-0.4, -0.2) is 36.1 Å². The summed E-state index contributed by atoms with van der Waals surface area (Å²) < 4.78 is 15.3. The van der Waals surface area contributed by atoms with E-state index in [-0.39, 0.29) is 12.7 Å². The molecule has 2 aliphatic rings. The molecule has 2 heterocycles. The summed E-state index contributed by atoms with van der Waals surface area (Å²) in [6.07, 6.45) is -1.59. The fraction of sp³-hybridized carbons (Fsp3) is 1.00. The maximum Gasteiger partial charge on any atom is 0.121 e. The Kier molecular flexibility index (Phi) is 2.49. The van der Waals surface area contributed by atoms with Gasteiger partial charge < -0.3 is 23.8 Å². The van der Waals surface area contributed by atoms with E-state index in [1.54, 1.807) is 6.92 Å². The van der Waals surface area contributed by atoms with E-state index in [2.05, 4.69) is 11.8 Å². The van der Waals surface area contributed by atoms with Crippen LogP contribution in [0.2, 0.25) is 0 Å². The van der Waals surface area contributed by atoms with E-state index >= 15 is 0 Å². The van der Waals surface area contributed by atoms with Crippen LogP contribution in [0.25, 0.3) is 0 Å². The average molecular weight is 225 g/mol. The Bertz CT molecular complexity index is 259. The Hall–Kier alpha value is 0.450. The molecule has 0 aromatic carbocycles. The standard InChI is InChI=1S/C6H11O5PS/c1-3-5-6(4(2-7)9-3)11-12(8,13)10-5/h3-7H,2H2,1H3,(H,8,13)/p-1/t3-,4+,5?,6+,12?/m0/s1. The lowest BCUT2D eigenvalue weighted by atomic mass is 10.1. The zero-order valence-electron chi connectivity index (χ0n) is 6.95. The molecule has 13 heavy (non-hydrogen) atoms. The van der Waals surface area contributed by atoms with Crippen molar-refractivity contribution in [2.45, 2.75) is 31.3 Å². The van der Waals surface area contributed by atoms with Crippen LogP contribution in [0.4, 0.5) is 0 Å². The molecule has 2 rings (SSSR count). The van der Waals surface area contributed by atoms with E-state index < -0.39 is 25.0 Å². The van der Waals surface area contributed by atoms with Crippen LogP contribution < -0.4 is 4.89 Å². The van der Waals surface area contributed by atoms with Crippen molar-refractivity contribution in [3.8, 4) is 0 Å². The van der Waals surface area contributed by atoms with Gasteiger partial charge in [0.05, 0.1) is 12.7 Å². The van der Waals surface area contributed by atoms with Crippen molar-refractivity contribution in [2.75, 3.05) is 6.61 Å². The van der Waals surface area contributed by atoms with Crippen molar-refractivity contribution in [1.29, 1.82) is 0 Å². The van der Waals surface area contributed by atoms with Crippen LogP contribution in [0.3, 0.4) is 0 Å². The van der Waals surface area contributed by atoms with E-state index in [0.29, 0.717) is 0 Å². The smallest absolute Gasteiger partial charge is 0.121 e. The third kappa shape index (κ3) is 1.68. The Labute approximate surface area is 80.9 Å². The number of hydrogen-bond acceptors (Lipinski definition) is 6. The lowest BCUT2D eigenvalue weighted by molar-refractivity contribution is -0.202. The van der Waals surface area contributed by atoms with E-state index in [1.165, 1.54) is 0 Å². The number of ether oxygens (including phenoxy) is 1. The van der Waals surface area contributed by atoms with Gasteiger partial charge in [-0.05, 0) is 6.92 Å². The predicted molar refractivity (Wildman–Crippen MR) is 45.5 cm³/mol. The van der Waals surface area contributed by atoms with Crippen LogP contribution in [0.1, 0.15) is 6.92 Å². The summed E-state index contributed by atoms with van der Waals surface area (Å²) in [6, 6.07) is 0. The van der Waals surface area contributed by atoms with Gasteiger partial charge in [0, 0.05) is 0 Å². The van der Waals surface area contributed by atoms with Crippen LogP contribution in [-0.2, 0) is 25.6 Å². The fourth-order valence-electron chi connectivity index (χ4n) is 1.65. The van der Waals surface area contributed by atoms with Crippen molar-refractivity contribution < 1.29 is 23.8 Å². The monoisotopic (exact) mass is 225 g/mol. The van der Waals surface area contributed by atoms with Gasteiger partial charge in [-0.3, -0.25) is 0 Å². The lowest BCUT2D eigenvalue weighted by Gasteiger charge is -2.23. The third-order valence-electron chi connectivity index (χ3n) is 2.22. The normalized spacial score (nSPS) is 55.3. The second-order valence-electron chi connectivity index (χ2n) is 3.15. The summed E-state index contributed by atoms with van der Waals surface area (Å²) in [5, 5.41) is 8.92. The van der Waals surface area contributed by atoms with Crippen molar-refractivity contribution in [3.63, 3.8) is 0 Å². The Morgan fingerprint density at radius 3 is 2.69 bits per heavy atom. The molecule has 1 N–H and O–H groups in total. The highest BCUT2D eigenvalue weighted by Gasteiger charge is 2.50. The molecule has 0 bridgehead atoms. The van der Waals surface area contributed by atoms with Crippen LogP contribution >= 0.6 is 6.72 Å². The summed E-state index contributed by atoms with van der Waals surface area (Å²) in [5.74, 6) is 0. The van der Waals surface area contributed by atoms with Crippen LogP contribution in [0.15, 0.2) is 0 Å². The highest BCUT2D eigenvalue weighted by Crippen LogP contribution is 2.53. The van der Waals surface area contributed by atoms with E-state index in [9.17, 15) is 4.89 Å². The molecule has 0 aromatic heterocycles. The van der Waals surface area contributed by atoms with Crippen molar-refractivity contribution in [2.24, 2.45) is 0 Å². The highest BCUT2D eigenvalue weighted by atomic mass is 32.5.